The largest absolute Gasteiger partial charge is 0.341 e. The number of anilines is 1. The molecule has 0 aliphatic rings. The van der Waals surface area contributed by atoms with E-state index in [4.69, 9.17) is 4.52 Å². The number of nitrogens with zero attached hydrogens (tertiary/aromatic N) is 2. The molecule has 0 atom stereocenters. The lowest BCUT2D eigenvalue weighted by Crippen LogP contribution is -1.89. The molecule has 0 fully saturated rings. The van der Waals surface area contributed by atoms with E-state index < -0.39 is 0 Å². The quantitative estimate of drug-likeness (QED) is 0.831. The Hall–Kier alpha value is -1.56. The second-order valence-corrected chi connectivity index (χ2v) is 4.00. The fourth-order valence-corrected chi connectivity index (χ4v) is 1.90. The Balaban J connectivity index is 1.99. The fourth-order valence-electron chi connectivity index (χ4n) is 1.12. The van der Waals surface area contributed by atoms with Gasteiger partial charge in [0.25, 0.3) is 0 Å². The van der Waals surface area contributed by atoms with Crippen LogP contribution in [-0.2, 0) is 5.75 Å². The summed E-state index contributed by atoms with van der Waals surface area (Å²) in [5.74, 6) is 0.786. The molecule has 0 bridgehead atoms. The molecule has 84 valence electrons. The van der Waals surface area contributed by atoms with Gasteiger partial charge >= 0.3 is 6.01 Å². The molecule has 1 N–H and O–H groups in total. The minimum absolute atomic E-state index is 0.232. The molecule has 6 heteroatoms. The Morgan fingerprint density at radius 2 is 2.25 bits per heavy atom. The van der Waals surface area contributed by atoms with Crippen LogP contribution in [0.4, 0.5) is 10.4 Å². The summed E-state index contributed by atoms with van der Waals surface area (Å²) in [5, 5.41) is 6.47. The molecule has 0 spiro atoms. The van der Waals surface area contributed by atoms with Gasteiger partial charge in [0.2, 0.25) is 0 Å². The number of rotatable bonds is 4. The maximum Gasteiger partial charge on any atom is 0.321 e. The number of aromatic nitrogens is 2. The van der Waals surface area contributed by atoms with Crippen LogP contribution in [0.3, 0.4) is 0 Å². The molecule has 1 heterocycles. The Kier molecular flexibility index (Phi) is 3.40. The highest BCUT2D eigenvalue weighted by Crippen LogP contribution is 2.24. The number of hydrogen-bond donors (Lipinski definition) is 1. The number of hydrogen-bond acceptors (Lipinski definition) is 5. The molecule has 0 aliphatic carbocycles. The van der Waals surface area contributed by atoms with Gasteiger partial charge in [0.15, 0.2) is 5.82 Å². The van der Waals surface area contributed by atoms with Gasteiger partial charge in [-0.05, 0) is 12.1 Å². The van der Waals surface area contributed by atoms with Gasteiger partial charge in [-0.3, -0.25) is 0 Å². The molecule has 2 rings (SSSR count). The molecule has 0 radical (unpaired) electrons. The van der Waals surface area contributed by atoms with Crippen molar-refractivity contribution in [1.29, 1.82) is 0 Å². The summed E-state index contributed by atoms with van der Waals surface area (Å²) in [7, 11) is 1.70. The summed E-state index contributed by atoms with van der Waals surface area (Å²) < 4.78 is 18.1. The van der Waals surface area contributed by atoms with Gasteiger partial charge in [0.05, 0.1) is 5.75 Å². The van der Waals surface area contributed by atoms with Crippen LogP contribution in [0.5, 0.6) is 0 Å². The smallest absolute Gasteiger partial charge is 0.321 e. The molecule has 16 heavy (non-hydrogen) atoms. The highest BCUT2D eigenvalue weighted by molar-refractivity contribution is 7.98. The van der Waals surface area contributed by atoms with Crippen molar-refractivity contribution in [2.75, 3.05) is 12.4 Å². The molecular formula is C10H10FN3OS. The molecule has 0 saturated heterocycles. The van der Waals surface area contributed by atoms with Crippen molar-refractivity contribution in [3.63, 3.8) is 0 Å². The monoisotopic (exact) mass is 239 g/mol. The maximum absolute atomic E-state index is 13.3. The summed E-state index contributed by atoms with van der Waals surface area (Å²) in [6, 6.07) is 6.97. The molecule has 0 amide bonds. The number of thioether (sulfide) groups is 1. The van der Waals surface area contributed by atoms with Crippen molar-refractivity contribution < 1.29 is 8.91 Å². The summed E-state index contributed by atoms with van der Waals surface area (Å²) in [6.07, 6.45) is 0. The van der Waals surface area contributed by atoms with Crippen LogP contribution in [0.25, 0.3) is 0 Å². The molecule has 0 saturated carbocycles. The first-order valence-electron chi connectivity index (χ1n) is 4.67. The average molecular weight is 239 g/mol. The Bertz CT molecular complexity index is 475. The van der Waals surface area contributed by atoms with Crippen LogP contribution in [0.1, 0.15) is 5.82 Å². The molecule has 0 unspecified atom stereocenters. The normalized spacial score (nSPS) is 10.4. The number of halogens is 1. The Morgan fingerprint density at radius 3 is 2.94 bits per heavy atom. The van der Waals surface area contributed by atoms with Crippen LogP contribution < -0.4 is 5.32 Å². The summed E-state index contributed by atoms with van der Waals surface area (Å²) in [4.78, 5) is 4.62. The number of nitrogens with one attached hydrogen (secondary N) is 1. The zero-order valence-electron chi connectivity index (χ0n) is 8.61. The highest BCUT2D eigenvalue weighted by Gasteiger charge is 2.07. The van der Waals surface area contributed by atoms with Crippen LogP contribution in [0.15, 0.2) is 33.7 Å². The van der Waals surface area contributed by atoms with Crippen LogP contribution in [-0.4, -0.2) is 17.2 Å². The van der Waals surface area contributed by atoms with Crippen LogP contribution >= 0.6 is 11.8 Å². The topological polar surface area (TPSA) is 51.0 Å². The van der Waals surface area contributed by atoms with Crippen molar-refractivity contribution in [2.45, 2.75) is 10.6 Å². The predicted octanol–water partition coefficient (Wildman–Crippen LogP) is 2.54. The molecule has 1 aromatic heterocycles. The lowest BCUT2D eigenvalue weighted by Gasteiger charge is -1.98. The maximum atomic E-state index is 13.3. The van der Waals surface area contributed by atoms with E-state index >= 15 is 0 Å². The van der Waals surface area contributed by atoms with E-state index in [0.717, 1.165) is 0 Å². The summed E-state index contributed by atoms with van der Waals surface area (Å²) in [5.41, 5.74) is 0. The Morgan fingerprint density at radius 1 is 1.44 bits per heavy atom. The zero-order chi connectivity index (χ0) is 11.4. The molecular weight excluding hydrogens is 229 g/mol. The van der Waals surface area contributed by atoms with Gasteiger partial charge in [-0.25, -0.2) is 4.39 Å². The lowest BCUT2D eigenvalue weighted by molar-refractivity contribution is 0.427. The first-order chi connectivity index (χ1) is 7.79. The minimum Gasteiger partial charge on any atom is -0.341 e. The zero-order valence-corrected chi connectivity index (χ0v) is 9.42. The van der Waals surface area contributed by atoms with Crippen molar-refractivity contribution in [2.24, 2.45) is 0 Å². The first kappa shape index (κ1) is 10.9. The van der Waals surface area contributed by atoms with E-state index in [1.54, 1.807) is 25.2 Å². The standard InChI is InChI=1S/C10H10FN3OS/c1-12-10-13-9(14-15-10)6-16-8-5-3-2-4-7(8)11/h2-5H,6H2,1H3,(H,12,13,14). The second kappa shape index (κ2) is 4.98. The van der Waals surface area contributed by atoms with Gasteiger partial charge in [-0.15, -0.1) is 11.8 Å². The minimum atomic E-state index is -0.232. The van der Waals surface area contributed by atoms with Crippen LogP contribution in [0, 0.1) is 5.82 Å². The third kappa shape index (κ3) is 2.52. The summed E-state index contributed by atoms with van der Waals surface area (Å²) >= 11 is 1.34. The second-order valence-electron chi connectivity index (χ2n) is 2.98. The van der Waals surface area contributed by atoms with Crippen molar-refractivity contribution in [3.8, 4) is 0 Å². The van der Waals surface area contributed by atoms with Gasteiger partial charge < -0.3 is 9.84 Å². The molecule has 1 aromatic carbocycles. The van der Waals surface area contributed by atoms with Crippen molar-refractivity contribution in [3.05, 3.63) is 35.9 Å². The molecule has 4 nitrogen and oxygen atoms in total. The third-order valence-electron chi connectivity index (χ3n) is 1.88. The average Bonchev–Trinajstić information content (AvgIpc) is 2.76. The third-order valence-corrected chi connectivity index (χ3v) is 2.92. The first-order valence-corrected chi connectivity index (χ1v) is 5.66. The van der Waals surface area contributed by atoms with E-state index in [9.17, 15) is 4.39 Å². The van der Waals surface area contributed by atoms with E-state index in [-0.39, 0.29) is 5.82 Å². The molecule has 0 aliphatic heterocycles. The van der Waals surface area contributed by atoms with Crippen molar-refractivity contribution in [1.82, 2.24) is 10.1 Å². The Labute approximate surface area is 96.2 Å². The van der Waals surface area contributed by atoms with Crippen LogP contribution in [0.2, 0.25) is 0 Å². The van der Waals surface area contributed by atoms with E-state index in [2.05, 4.69) is 15.5 Å². The van der Waals surface area contributed by atoms with E-state index in [1.165, 1.54) is 17.8 Å². The van der Waals surface area contributed by atoms with Gasteiger partial charge in [-0.2, -0.15) is 4.98 Å². The molecule has 2 aromatic rings. The fraction of sp³-hybridized carbons (Fsp3) is 0.200. The van der Waals surface area contributed by atoms with Gasteiger partial charge in [0.1, 0.15) is 5.82 Å². The van der Waals surface area contributed by atoms with Gasteiger partial charge in [0, 0.05) is 11.9 Å². The van der Waals surface area contributed by atoms with Crippen molar-refractivity contribution >= 4 is 17.8 Å². The summed E-state index contributed by atoms with van der Waals surface area (Å²) in [6.45, 7) is 0. The lowest BCUT2D eigenvalue weighted by atomic mass is 10.3. The van der Waals surface area contributed by atoms with Gasteiger partial charge in [-0.1, -0.05) is 17.3 Å². The predicted molar refractivity (Wildman–Crippen MR) is 59.8 cm³/mol. The highest BCUT2D eigenvalue weighted by atomic mass is 32.2. The number of benzene rings is 1. The van der Waals surface area contributed by atoms with E-state index in [1.807, 2.05) is 0 Å². The van der Waals surface area contributed by atoms with E-state index in [0.29, 0.717) is 22.5 Å². The SMILES string of the molecule is CNc1nc(CSc2ccccc2F)no1.